The van der Waals surface area contributed by atoms with E-state index in [9.17, 15) is 9.59 Å². The summed E-state index contributed by atoms with van der Waals surface area (Å²) in [6, 6.07) is 14.5. The Morgan fingerprint density at radius 1 is 1.04 bits per heavy atom. The lowest BCUT2D eigenvalue weighted by molar-refractivity contribution is -0.114. The van der Waals surface area contributed by atoms with Crippen LogP contribution in [0.3, 0.4) is 0 Å². The summed E-state index contributed by atoms with van der Waals surface area (Å²) in [6.07, 6.45) is 0. The van der Waals surface area contributed by atoms with E-state index in [1.165, 1.54) is 0 Å². The summed E-state index contributed by atoms with van der Waals surface area (Å²) >= 11 is 3.42. The van der Waals surface area contributed by atoms with Crippen LogP contribution in [0.15, 0.2) is 53.0 Å². The molecule has 6 heteroatoms. The number of carbonyl (C=O) groups is 2. The molecule has 126 valence electrons. The van der Waals surface area contributed by atoms with E-state index in [0.717, 1.165) is 10.2 Å². The van der Waals surface area contributed by atoms with Crippen molar-refractivity contribution in [3.05, 3.63) is 58.6 Å². The Bertz CT molecular complexity index is 714. The maximum absolute atomic E-state index is 12.0. The van der Waals surface area contributed by atoms with Gasteiger partial charge in [0.05, 0.1) is 6.54 Å². The first-order valence-electron chi connectivity index (χ1n) is 7.65. The first kappa shape index (κ1) is 18.0. The van der Waals surface area contributed by atoms with Crippen molar-refractivity contribution < 1.29 is 9.59 Å². The number of hydrogen-bond donors (Lipinski definition) is 3. The minimum absolute atomic E-state index is 0.0836. The fourth-order valence-electron chi connectivity index (χ4n) is 2.04. The highest BCUT2D eigenvalue weighted by atomic mass is 79.9. The number of para-hydroxylation sites is 1. The van der Waals surface area contributed by atoms with Gasteiger partial charge in [-0.2, -0.15) is 0 Å². The molecule has 2 aromatic rings. The van der Waals surface area contributed by atoms with E-state index in [2.05, 4.69) is 31.9 Å². The van der Waals surface area contributed by atoms with Gasteiger partial charge in [-0.25, -0.2) is 0 Å². The molecular formula is C18H20BrN3O2. The number of anilines is 2. The van der Waals surface area contributed by atoms with Crippen molar-refractivity contribution in [2.45, 2.75) is 19.9 Å². The number of hydrogen-bond acceptors (Lipinski definition) is 3. The van der Waals surface area contributed by atoms with E-state index in [-0.39, 0.29) is 24.4 Å². The topological polar surface area (TPSA) is 70.2 Å². The molecule has 0 aliphatic heterocycles. The lowest BCUT2D eigenvalue weighted by atomic mass is 10.2. The summed E-state index contributed by atoms with van der Waals surface area (Å²) in [6.45, 7) is 3.97. The molecule has 0 atom stereocenters. The van der Waals surface area contributed by atoms with Gasteiger partial charge in [-0.05, 0) is 66.2 Å². The lowest BCUT2D eigenvalue weighted by Gasteiger charge is -2.10. The van der Waals surface area contributed by atoms with Gasteiger partial charge in [0.25, 0.3) is 5.91 Å². The maximum Gasteiger partial charge on any atom is 0.251 e. The number of rotatable bonds is 6. The molecule has 2 aromatic carbocycles. The Morgan fingerprint density at radius 2 is 1.71 bits per heavy atom. The fourth-order valence-corrected chi connectivity index (χ4v) is 2.46. The molecule has 24 heavy (non-hydrogen) atoms. The van der Waals surface area contributed by atoms with Crippen LogP contribution in [-0.2, 0) is 4.79 Å². The summed E-state index contributed by atoms with van der Waals surface area (Å²) in [5.41, 5.74) is 2.07. The summed E-state index contributed by atoms with van der Waals surface area (Å²) < 4.78 is 0.901. The summed E-state index contributed by atoms with van der Waals surface area (Å²) in [7, 11) is 0. The smallest absolute Gasteiger partial charge is 0.251 e. The van der Waals surface area contributed by atoms with Gasteiger partial charge in [-0.1, -0.05) is 12.1 Å². The van der Waals surface area contributed by atoms with Crippen LogP contribution in [0, 0.1) is 0 Å². The predicted molar refractivity (Wildman–Crippen MR) is 100 cm³/mol. The summed E-state index contributed by atoms with van der Waals surface area (Å²) in [5, 5.41) is 8.67. The van der Waals surface area contributed by atoms with Crippen LogP contribution in [-0.4, -0.2) is 24.4 Å². The molecule has 0 bridgehead atoms. The van der Waals surface area contributed by atoms with Crippen LogP contribution < -0.4 is 16.0 Å². The summed E-state index contributed by atoms with van der Waals surface area (Å²) in [4.78, 5) is 23.9. The molecule has 0 unspecified atom stereocenters. The molecule has 0 saturated heterocycles. The first-order chi connectivity index (χ1) is 11.5. The quantitative estimate of drug-likeness (QED) is 0.706. The zero-order valence-corrected chi connectivity index (χ0v) is 15.2. The largest absolute Gasteiger partial charge is 0.375 e. The normalized spacial score (nSPS) is 10.3. The minimum Gasteiger partial charge on any atom is -0.375 e. The van der Waals surface area contributed by atoms with Crippen molar-refractivity contribution in [3.8, 4) is 0 Å². The van der Waals surface area contributed by atoms with Gasteiger partial charge < -0.3 is 16.0 Å². The van der Waals surface area contributed by atoms with Crippen molar-refractivity contribution in [1.82, 2.24) is 5.32 Å². The molecule has 2 rings (SSSR count). The van der Waals surface area contributed by atoms with E-state index >= 15 is 0 Å². The fraction of sp³-hybridized carbons (Fsp3) is 0.222. The van der Waals surface area contributed by atoms with E-state index in [1.54, 1.807) is 24.3 Å². The number of halogens is 1. The third kappa shape index (κ3) is 5.38. The maximum atomic E-state index is 12.0. The van der Waals surface area contributed by atoms with E-state index in [1.807, 2.05) is 38.1 Å². The van der Waals surface area contributed by atoms with Gasteiger partial charge >= 0.3 is 0 Å². The van der Waals surface area contributed by atoms with Crippen molar-refractivity contribution in [3.63, 3.8) is 0 Å². The van der Waals surface area contributed by atoms with Crippen LogP contribution >= 0.6 is 15.9 Å². The van der Waals surface area contributed by atoms with Crippen molar-refractivity contribution >= 4 is 39.1 Å². The number of benzene rings is 2. The van der Waals surface area contributed by atoms with Crippen molar-refractivity contribution in [2.75, 3.05) is 17.2 Å². The zero-order valence-electron chi connectivity index (χ0n) is 13.6. The molecule has 5 nitrogen and oxygen atoms in total. The van der Waals surface area contributed by atoms with Gasteiger partial charge in [0.2, 0.25) is 5.91 Å². The molecule has 0 spiro atoms. The van der Waals surface area contributed by atoms with Crippen LogP contribution in [0.5, 0.6) is 0 Å². The van der Waals surface area contributed by atoms with Crippen LogP contribution in [0.1, 0.15) is 24.2 Å². The highest BCUT2D eigenvalue weighted by molar-refractivity contribution is 9.10. The highest BCUT2D eigenvalue weighted by Crippen LogP contribution is 2.20. The first-order valence-corrected chi connectivity index (χ1v) is 8.44. The van der Waals surface area contributed by atoms with Gasteiger partial charge in [-0.15, -0.1) is 0 Å². The molecule has 0 fully saturated rings. The molecule has 3 N–H and O–H groups in total. The predicted octanol–water partition coefficient (Wildman–Crippen LogP) is 3.64. The standard InChI is InChI=1S/C18H20BrN3O2/c1-12(2)21-18(24)13-7-9-14(10-8-13)22-17(23)11-20-16-6-4-3-5-15(16)19/h3-10,12,20H,11H2,1-2H3,(H,21,24)(H,22,23). The third-order valence-electron chi connectivity index (χ3n) is 3.16. The molecule has 0 aromatic heterocycles. The van der Waals surface area contributed by atoms with Crippen molar-refractivity contribution in [1.29, 1.82) is 0 Å². The van der Waals surface area contributed by atoms with Crippen LogP contribution in [0.2, 0.25) is 0 Å². The molecule has 2 amide bonds. The Morgan fingerprint density at radius 3 is 2.33 bits per heavy atom. The summed E-state index contributed by atoms with van der Waals surface area (Å²) in [5.74, 6) is -0.288. The third-order valence-corrected chi connectivity index (χ3v) is 3.86. The number of nitrogens with one attached hydrogen (secondary N) is 3. The van der Waals surface area contributed by atoms with Gasteiger partial charge in [0.15, 0.2) is 0 Å². The Labute approximate surface area is 150 Å². The molecule has 0 heterocycles. The molecule has 0 aliphatic rings. The number of amides is 2. The second-order valence-electron chi connectivity index (χ2n) is 5.59. The monoisotopic (exact) mass is 389 g/mol. The lowest BCUT2D eigenvalue weighted by Crippen LogP contribution is -2.30. The molecular weight excluding hydrogens is 370 g/mol. The van der Waals surface area contributed by atoms with E-state index in [0.29, 0.717) is 11.3 Å². The second kappa shape index (κ2) is 8.49. The average molecular weight is 390 g/mol. The van der Waals surface area contributed by atoms with Gasteiger partial charge in [-0.3, -0.25) is 9.59 Å². The number of carbonyl (C=O) groups excluding carboxylic acids is 2. The van der Waals surface area contributed by atoms with Gasteiger partial charge in [0, 0.05) is 27.5 Å². The van der Waals surface area contributed by atoms with E-state index < -0.39 is 0 Å². The van der Waals surface area contributed by atoms with E-state index in [4.69, 9.17) is 0 Å². The highest BCUT2D eigenvalue weighted by Gasteiger charge is 2.08. The molecule has 0 radical (unpaired) electrons. The Hall–Kier alpha value is -2.34. The Kier molecular flexibility index (Phi) is 6.37. The Balaban J connectivity index is 1.88. The second-order valence-corrected chi connectivity index (χ2v) is 6.44. The minimum atomic E-state index is -0.162. The van der Waals surface area contributed by atoms with Gasteiger partial charge in [0.1, 0.15) is 0 Å². The van der Waals surface area contributed by atoms with Crippen LogP contribution in [0.25, 0.3) is 0 Å². The SMILES string of the molecule is CC(C)NC(=O)c1ccc(NC(=O)CNc2ccccc2Br)cc1. The molecule has 0 saturated carbocycles. The molecule has 0 aliphatic carbocycles. The average Bonchev–Trinajstić information content (AvgIpc) is 2.54. The zero-order chi connectivity index (χ0) is 17.5. The van der Waals surface area contributed by atoms with Crippen molar-refractivity contribution in [2.24, 2.45) is 0 Å². The van der Waals surface area contributed by atoms with Crippen LogP contribution in [0.4, 0.5) is 11.4 Å².